The number of aryl methyl sites for hydroxylation is 1. The molecule has 1 aliphatic rings. The Balaban J connectivity index is 1.51. The smallest absolute Gasteiger partial charge is 0.314 e. The van der Waals surface area contributed by atoms with Gasteiger partial charge in [-0.3, -0.25) is 4.79 Å². The number of carbonyl (C=O) groups excluding carboxylic acids is 1. The van der Waals surface area contributed by atoms with Crippen molar-refractivity contribution >= 4 is 5.91 Å². The number of benzene rings is 2. The molecule has 1 aliphatic heterocycles. The number of nitrogens with zero attached hydrogens (tertiary/aromatic N) is 5. The molecule has 10 heteroatoms. The van der Waals surface area contributed by atoms with Crippen LogP contribution in [0.25, 0.3) is 11.5 Å². The molecule has 0 bridgehead atoms. The summed E-state index contributed by atoms with van der Waals surface area (Å²) in [4.78, 5) is 23.6. The van der Waals surface area contributed by atoms with Gasteiger partial charge in [0.25, 0.3) is 11.8 Å². The van der Waals surface area contributed by atoms with E-state index in [1.807, 2.05) is 25.1 Å². The number of hydrogen-bond acceptors (Lipinski definition) is 7. The van der Waals surface area contributed by atoms with Crippen molar-refractivity contribution in [1.82, 2.24) is 25.1 Å². The van der Waals surface area contributed by atoms with Crippen LogP contribution in [0, 0.1) is 6.92 Å². The van der Waals surface area contributed by atoms with E-state index in [9.17, 15) is 18.7 Å². The Morgan fingerprint density at radius 3 is 2.56 bits per heavy atom. The fraction of sp³-hybridized carbons (Fsp3) is 0.208. The third kappa shape index (κ3) is 3.92. The van der Waals surface area contributed by atoms with Gasteiger partial charge in [0.05, 0.1) is 0 Å². The summed E-state index contributed by atoms with van der Waals surface area (Å²) >= 11 is 0. The molecule has 0 fully saturated rings. The van der Waals surface area contributed by atoms with E-state index in [1.54, 1.807) is 36.7 Å². The van der Waals surface area contributed by atoms with Crippen molar-refractivity contribution in [1.29, 1.82) is 0 Å². The molecule has 0 saturated heterocycles. The molecule has 172 valence electrons. The van der Waals surface area contributed by atoms with Gasteiger partial charge in [0.1, 0.15) is 12.1 Å². The normalized spacial score (nSPS) is 15.0. The van der Waals surface area contributed by atoms with E-state index in [4.69, 9.17) is 4.42 Å². The minimum atomic E-state index is -2.89. The summed E-state index contributed by atoms with van der Waals surface area (Å²) in [6.07, 6.45) is -0.854. The molecule has 5 rings (SSSR count). The van der Waals surface area contributed by atoms with E-state index in [0.717, 1.165) is 5.56 Å². The Bertz CT molecular complexity index is 1350. The fourth-order valence-electron chi connectivity index (χ4n) is 4.07. The summed E-state index contributed by atoms with van der Waals surface area (Å²) in [5.74, 6) is -0.941. The van der Waals surface area contributed by atoms with Gasteiger partial charge in [-0.25, -0.2) is 9.97 Å². The van der Waals surface area contributed by atoms with Crippen molar-refractivity contribution < 1.29 is 23.1 Å². The molecule has 3 heterocycles. The molecular weight excluding hydrogens is 444 g/mol. The summed E-state index contributed by atoms with van der Waals surface area (Å²) in [6, 6.07) is 13.1. The van der Waals surface area contributed by atoms with Gasteiger partial charge in [0, 0.05) is 30.1 Å². The number of hydrogen-bond donors (Lipinski definition) is 1. The molecule has 0 radical (unpaired) electrons. The minimum absolute atomic E-state index is 0.105. The van der Waals surface area contributed by atoms with Crippen LogP contribution in [0.2, 0.25) is 0 Å². The van der Waals surface area contributed by atoms with Crippen LogP contribution in [-0.2, 0) is 6.54 Å². The van der Waals surface area contributed by atoms with Crippen LogP contribution in [0.1, 0.15) is 57.3 Å². The predicted octanol–water partition coefficient (Wildman–Crippen LogP) is 4.20. The molecule has 2 atom stereocenters. The first kappa shape index (κ1) is 21.8. The van der Waals surface area contributed by atoms with Gasteiger partial charge in [0.15, 0.2) is 5.82 Å². The molecular formula is C24H19F2N5O3. The molecule has 2 aromatic carbocycles. The first-order valence-electron chi connectivity index (χ1n) is 10.5. The minimum Gasteiger partial charge on any atom is -0.415 e. The number of aromatic nitrogens is 4. The number of alkyl halides is 2. The van der Waals surface area contributed by atoms with Crippen LogP contribution in [0.3, 0.4) is 0 Å². The molecule has 34 heavy (non-hydrogen) atoms. The van der Waals surface area contributed by atoms with Crippen molar-refractivity contribution in [3.63, 3.8) is 0 Å². The maximum atomic E-state index is 13.5. The molecule has 0 aliphatic carbocycles. The summed E-state index contributed by atoms with van der Waals surface area (Å²) in [5, 5.41) is 18.3. The van der Waals surface area contributed by atoms with Crippen LogP contribution in [0.15, 0.2) is 65.3 Å². The molecule has 1 amide bonds. The van der Waals surface area contributed by atoms with Gasteiger partial charge in [0.2, 0.25) is 5.89 Å². The van der Waals surface area contributed by atoms with Gasteiger partial charge in [-0.1, -0.05) is 35.9 Å². The van der Waals surface area contributed by atoms with Crippen LogP contribution in [0.5, 0.6) is 0 Å². The lowest BCUT2D eigenvalue weighted by Gasteiger charge is -2.31. The molecule has 0 unspecified atom stereocenters. The maximum absolute atomic E-state index is 13.5. The second-order valence-electron chi connectivity index (χ2n) is 7.96. The largest absolute Gasteiger partial charge is 0.415 e. The topological polar surface area (TPSA) is 105 Å². The average Bonchev–Trinajstić information content (AvgIpc) is 3.46. The summed E-state index contributed by atoms with van der Waals surface area (Å²) in [7, 11) is 0. The van der Waals surface area contributed by atoms with Gasteiger partial charge < -0.3 is 14.4 Å². The van der Waals surface area contributed by atoms with Crippen molar-refractivity contribution in [2.75, 3.05) is 0 Å². The van der Waals surface area contributed by atoms with E-state index in [2.05, 4.69) is 20.2 Å². The number of aliphatic hydroxyl groups is 1. The van der Waals surface area contributed by atoms with Crippen molar-refractivity contribution in [2.45, 2.75) is 32.0 Å². The Kier molecular flexibility index (Phi) is 5.58. The summed E-state index contributed by atoms with van der Waals surface area (Å²) < 4.78 is 30.7. The highest BCUT2D eigenvalue weighted by Crippen LogP contribution is 2.39. The molecule has 8 nitrogen and oxygen atoms in total. The molecule has 0 spiro atoms. The Morgan fingerprint density at radius 1 is 1.06 bits per heavy atom. The number of aliphatic hydroxyl groups excluding tert-OH is 1. The highest BCUT2D eigenvalue weighted by Gasteiger charge is 2.39. The summed E-state index contributed by atoms with van der Waals surface area (Å²) in [6.45, 7) is 2.13. The second kappa shape index (κ2) is 8.71. The van der Waals surface area contributed by atoms with Gasteiger partial charge in [-0.2, -0.15) is 8.78 Å². The Labute approximate surface area is 192 Å². The zero-order chi connectivity index (χ0) is 23.8. The average molecular weight is 463 g/mol. The standard InChI is InChI=1S/C24H19F2N5O3/c1-13-4-2-5-14(10-13)19(32)18(21-27-8-3-9-28-21)31-12-16-7-6-15(11-17(16)24(31)33)22-29-30-23(34-22)20(25)26/h2-11,18-20,32H,12H2,1H3/t18-,19-/m0/s1. The predicted molar refractivity (Wildman–Crippen MR) is 115 cm³/mol. The first-order chi connectivity index (χ1) is 16.4. The lowest BCUT2D eigenvalue weighted by molar-refractivity contribution is 0.0332. The van der Waals surface area contributed by atoms with Crippen LogP contribution in [0.4, 0.5) is 8.78 Å². The van der Waals surface area contributed by atoms with Gasteiger partial charge in [-0.15, -0.1) is 10.2 Å². The SMILES string of the molecule is Cc1cccc([C@H](O)[C@@H](c2ncccn2)N2Cc3ccc(-c4nnc(C(F)F)o4)cc3C2=O)c1. The molecule has 4 aromatic rings. The van der Waals surface area contributed by atoms with E-state index < -0.39 is 24.5 Å². The van der Waals surface area contributed by atoms with Crippen LogP contribution in [-0.4, -0.2) is 36.1 Å². The highest BCUT2D eigenvalue weighted by atomic mass is 19.3. The van der Waals surface area contributed by atoms with Crippen molar-refractivity contribution in [3.05, 3.63) is 94.9 Å². The summed E-state index contributed by atoms with van der Waals surface area (Å²) in [5.41, 5.74) is 3.01. The highest BCUT2D eigenvalue weighted by molar-refractivity contribution is 5.99. The monoisotopic (exact) mass is 463 g/mol. The fourth-order valence-corrected chi connectivity index (χ4v) is 4.07. The van der Waals surface area contributed by atoms with Crippen molar-refractivity contribution in [3.8, 4) is 11.5 Å². The number of rotatable bonds is 6. The zero-order valence-electron chi connectivity index (χ0n) is 18.0. The van der Waals surface area contributed by atoms with E-state index in [0.29, 0.717) is 28.1 Å². The zero-order valence-corrected chi connectivity index (χ0v) is 18.0. The lowest BCUT2D eigenvalue weighted by Crippen LogP contribution is -2.34. The quantitative estimate of drug-likeness (QED) is 0.457. The third-order valence-electron chi connectivity index (χ3n) is 5.68. The molecule has 0 saturated carbocycles. The van der Waals surface area contributed by atoms with Crippen LogP contribution >= 0.6 is 0 Å². The number of fused-ring (bicyclic) bond motifs is 1. The van der Waals surface area contributed by atoms with E-state index in [1.165, 1.54) is 11.0 Å². The number of amides is 1. The molecule has 1 N–H and O–H groups in total. The Hall–Kier alpha value is -4.05. The lowest BCUT2D eigenvalue weighted by atomic mass is 9.98. The number of carbonyl (C=O) groups is 1. The maximum Gasteiger partial charge on any atom is 0.314 e. The van der Waals surface area contributed by atoms with Crippen molar-refractivity contribution in [2.24, 2.45) is 0 Å². The van der Waals surface area contributed by atoms with Gasteiger partial charge in [-0.05, 0) is 36.2 Å². The third-order valence-corrected chi connectivity index (χ3v) is 5.68. The Morgan fingerprint density at radius 2 is 1.85 bits per heavy atom. The van der Waals surface area contributed by atoms with E-state index >= 15 is 0 Å². The van der Waals surface area contributed by atoms with E-state index in [-0.39, 0.29) is 18.3 Å². The molecule has 2 aromatic heterocycles. The second-order valence-corrected chi connectivity index (χ2v) is 7.96. The number of halogens is 2. The van der Waals surface area contributed by atoms with Gasteiger partial charge >= 0.3 is 6.43 Å². The first-order valence-corrected chi connectivity index (χ1v) is 10.5. The van der Waals surface area contributed by atoms with Crippen LogP contribution < -0.4 is 0 Å².